The Kier molecular flexibility index (Phi) is 3.73. The molecule has 0 atom stereocenters. The van der Waals surface area contributed by atoms with E-state index in [9.17, 15) is 8.42 Å². The van der Waals surface area contributed by atoms with Crippen LogP contribution in [0.3, 0.4) is 0 Å². The molecule has 0 aliphatic rings. The van der Waals surface area contributed by atoms with Gasteiger partial charge >= 0.3 is 0 Å². The van der Waals surface area contributed by atoms with Gasteiger partial charge in [-0.1, -0.05) is 20.8 Å². The Bertz CT molecular complexity index is 200. The molecule has 0 aromatic carbocycles. The SMILES string of the molecule is CC[Si](CC)(CC)S(N)(=O)=O. The van der Waals surface area contributed by atoms with Crippen LogP contribution in [0.1, 0.15) is 20.8 Å². The lowest BCUT2D eigenvalue weighted by Crippen LogP contribution is -2.46. The number of hydrogen-bond donors (Lipinski definition) is 1. The van der Waals surface area contributed by atoms with Gasteiger partial charge in [-0.05, 0) is 18.1 Å². The van der Waals surface area contributed by atoms with Crippen LogP contribution in [0.2, 0.25) is 18.1 Å². The lowest BCUT2D eigenvalue weighted by Gasteiger charge is -2.23. The van der Waals surface area contributed by atoms with Crippen molar-refractivity contribution in [3.63, 3.8) is 0 Å². The van der Waals surface area contributed by atoms with Gasteiger partial charge in [-0.25, -0.2) is 13.6 Å². The highest BCUT2D eigenvalue weighted by molar-refractivity contribution is 8.20. The molecule has 5 heteroatoms. The lowest BCUT2D eigenvalue weighted by atomic mass is 10.9. The highest BCUT2D eigenvalue weighted by Crippen LogP contribution is 2.23. The summed E-state index contributed by atoms with van der Waals surface area (Å²) >= 11 is 0. The molecule has 3 nitrogen and oxygen atoms in total. The molecule has 11 heavy (non-hydrogen) atoms. The third-order valence-electron chi connectivity index (χ3n) is 2.54. The fourth-order valence-corrected chi connectivity index (χ4v) is 7.68. The minimum Gasteiger partial charge on any atom is -0.235 e. The molecule has 0 saturated heterocycles. The van der Waals surface area contributed by atoms with Crippen LogP contribution >= 0.6 is 0 Å². The molecule has 68 valence electrons. The van der Waals surface area contributed by atoms with E-state index in [0.29, 0.717) is 0 Å². The Morgan fingerprint density at radius 3 is 1.36 bits per heavy atom. The van der Waals surface area contributed by atoms with E-state index in [1.165, 1.54) is 0 Å². The van der Waals surface area contributed by atoms with E-state index >= 15 is 0 Å². The fraction of sp³-hybridized carbons (Fsp3) is 1.00. The molecule has 0 aliphatic heterocycles. The third-order valence-corrected chi connectivity index (χ3v) is 13.8. The van der Waals surface area contributed by atoms with Gasteiger partial charge in [-0.15, -0.1) is 0 Å². The van der Waals surface area contributed by atoms with Gasteiger partial charge in [-0.3, -0.25) is 0 Å². The minimum absolute atomic E-state index is 0.735. The van der Waals surface area contributed by atoms with E-state index in [2.05, 4.69) is 0 Å². The largest absolute Gasteiger partial charge is 0.235 e. The summed E-state index contributed by atoms with van der Waals surface area (Å²) in [5.41, 5.74) is 0. The molecule has 0 bridgehead atoms. The zero-order chi connectivity index (χ0) is 9.12. The first-order valence-electron chi connectivity index (χ1n) is 3.96. The minimum atomic E-state index is -3.24. The number of hydrogen-bond acceptors (Lipinski definition) is 2. The van der Waals surface area contributed by atoms with Crippen LogP contribution in [-0.2, 0) is 9.47 Å². The lowest BCUT2D eigenvalue weighted by molar-refractivity contribution is 0.608. The van der Waals surface area contributed by atoms with Gasteiger partial charge in [-0.2, -0.15) is 0 Å². The van der Waals surface area contributed by atoms with Crippen molar-refractivity contribution in [1.82, 2.24) is 0 Å². The molecule has 0 amide bonds. The van der Waals surface area contributed by atoms with Gasteiger partial charge in [0.2, 0.25) is 7.22 Å². The predicted molar refractivity (Wildman–Crippen MR) is 50.3 cm³/mol. The summed E-state index contributed by atoms with van der Waals surface area (Å²) in [4.78, 5) is 0. The second-order valence-electron chi connectivity index (χ2n) is 2.79. The van der Waals surface area contributed by atoms with Crippen LogP contribution in [0, 0.1) is 0 Å². The van der Waals surface area contributed by atoms with Crippen molar-refractivity contribution in [3.05, 3.63) is 0 Å². The van der Waals surface area contributed by atoms with E-state index in [-0.39, 0.29) is 0 Å². The normalized spacial score (nSPS) is 13.5. The molecule has 0 spiro atoms. The highest BCUT2D eigenvalue weighted by atomic mass is 32.4. The average molecular weight is 195 g/mol. The molecule has 0 aromatic heterocycles. The van der Waals surface area contributed by atoms with E-state index in [1.54, 1.807) is 0 Å². The standard InChI is InChI=1S/C6H17NO2SSi/c1-4-11(5-2,6-3)10(7,8)9/h4-6H2,1-3H3,(H2,7,8,9). The Labute approximate surface area is 69.7 Å². The molecule has 0 radical (unpaired) electrons. The maximum absolute atomic E-state index is 11.2. The summed E-state index contributed by atoms with van der Waals surface area (Å²) in [5.74, 6) is 0. The maximum atomic E-state index is 11.2. The number of rotatable bonds is 4. The summed E-state index contributed by atoms with van der Waals surface area (Å²) in [5, 5.41) is 5.18. The summed E-state index contributed by atoms with van der Waals surface area (Å²) in [7, 11) is -5.41. The molecule has 0 fully saturated rings. The summed E-state index contributed by atoms with van der Waals surface area (Å²) in [6.07, 6.45) is 0. The fourth-order valence-electron chi connectivity index (χ4n) is 1.35. The van der Waals surface area contributed by atoms with Crippen LogP contribution in [-0.4, -0.2) is 15.6 Å². The maximum Gasteiger partial charge on any atom is 0.213 e. The van der Waals surface area contributed by atoms with E-state index in [1.807, 2.05) is 20.8 Å². The van der Waals surface area contributed by atoms with Crippen molar-refractivity contribution in [3.8, 4) is 0 Å². The second-order valence-corrected chi connectivity index (χ2v) is 12.7. The van der Waals surface area contributed by atoms with Crippen molar-refractivity contribution < 1.29 is 8.42 Å². The van der Waals surface area contributed by atoms with Gasteiger partial charge in [0.15, 0.2) is 9.47 Å². The van der Waals surface area contributed by atoms with Crippen LogP contribution in [0.15, 0.2) is 0 Å². The molecule has 0 unspecified atom stereocenters. The summed E-state index contributed by atoms with van der Waals surface area (Å²) in [6, 6.07) is 2.20. The Hall–Kier alpha value is 0.127. The molecule has 0 aliphatic carbocycles. The van der Waals surface area contributed by atoms with E-state index in [4.69, 9.17) is 5.14 Å². The van der Waals surface area contributed by atoms with Crippen LogP contribution < -0.4 is 5.14 Å². The van der Waals surface area contributed by atoms with Gasteiger partial charge in [0.25, 0.3) is 0 Å². The molecule has 0 saturated carbocycles. The Morgan fingerprint density at radius 2 is 1.36 bits per heavy atom. The predicted octanol–water partition coefficient (Wildman–Crippen LogP) is 1.28. The van der Waals surface area contributed by atoms with Crippen molar-refractivity contribution in [2.75, 3.05) is 0 Å². The van der Waals surface area contributed by atoms with Crippen molar-refractivity contribution in [1.29, 1.82) is 0 Å². The van der Waals surface area contributed by atoms with Gasteiger partial charge in [0.05, 0.1) is 0 Å². The molecule has 0 rings (SSSR count). The van der Waals surface area contributed by atoms with Crippen molar-refractivity contribution in [2.24, 2.45) is 5.14 Å². The second kappa shape index (κ2) is 3.69. The van der Waals surface area contributed by atoms with E-state index < -0.39 is 16.7 Å². The quantitative estimate of drug-likeness (QED) is 0.687. The molecule has 2 N–H and O–H groups in total. The van der Waals surface area contributed by atoms with Gasteiger partial charge in [0.1, 0.15) is 0 Å². The first-order valence-corrected chi connectivity index (χ1v) is 8.85. The highest BCUT2D eigenvalue weighted by Gasteiger charge is 2.39. The molecular weight excluding hydrogens is 178 g/mol. The third kappa shape index (κ3) is 2.04. The van der Waals surface area contributed by atoms with Crippen LogP contribution in [0.4, 0.5) is 0 Å². The first kappa shape index (κ1) is 11.1. The zero-order valence-corrected chi connectivity index (χ0v) is 9.24. The smallest absolute Gasteiger partial charge is 0.213 e. The monoisotopic (exact) mass is 195 g/mol. The summed E-state index contributed by atoms with van der Waals surface area (Å²) < 4.78 is 22.4. The van der Waals surface area contributed by atoms with Crippen LogP contribution in [0.5, 0.6) is 0 Å². The van der Waals surface area contributed by atoms with Crippen LogP contribution in [0.25, 0.3) is 0 Å². The Morgan fingerprint density at radius 1 is 1.09 bits per heavy atom. The molecular formula is C6H17NO2SSi. The van der Waals surface area contributed by atoms with E-state index in [0.717, 1.165) is 18.1 Å². The Balaban J connectivity index is 4.86. The molecule has 0 aromatic rings. The molecule has 0 heterocycles. The summed E-state index contributed by atoms with van der Waals surface area (Å²) in [6.45, 7) is 5.76. The first-order chi connectivity index (χ1) is 4.93. The van der Waals surface area contributed by atoms with Crippen molar-refractivity contribution in [2.45, 2.75) is 38.9 Å². The van der Waals surface area contributed by atoms with Gasteiger partial charge in [0, 0.05) is 0 Å². The average Bonchev–Trinajstić information content (AvgIpc) is 1.90. The van der Waals surface area contributed by atoms with Crippen molar-refractivity contribution >= 4 is 16.7 Å². The number of nitrogens with two attached hydrogens (primary N) is 1. The van der Waals surface area contributed by atoms with Gasteiger partial charge < -0.3 is 0 Å². The topological polar surface area (TPSA) is 60.2 Å². The zero-order valence-electron chi connectivity index (χ0n) is 7.42.